The number of nitrogens with zero attached hydrogens (tertiary/aromatic N) is 1. The van der Waals surface area contributed by atoms with Gasteiger partial charge in [-0.05, 0) is 55.6 Å². The summed E-state index contributed by atoms with van der Waals surface area (Å²) in [4.78, 5) is 4.31. The average molecular weight is 306 g/mol. The van der Waals surface area contributed by atoms with E-state index in [0.29, 0.717) is 12.0 Å². The third-order valence-corrected chi connectivity index (χ3v) is 4.78. The number of benzene rings is 1. The van der Waals surface area contributed by atoms with Gasteiger partial charge in [0.1, 0.15) is 11.9 Å². The fourth-order valence-corrected chi connectivity index (χ4v) is 3.50. The van der Waals surface area contributed by atoms with Crippen LogP contribution >= 0.6 is 0 Å². The van der Waals surface area contributed by atoms with Crippen molar-refractivity contribution in [2.75, 3.05) is 13.1 Å². The molecule has 2 heterocycles. The molecule has 0 amide bonds. The highest BCUT2D eigenvalue weighted by molar-refractivity contribution is 5.66. The van der Waals surface area contributed by atoms with Crippen molar-refractivity contribution in [3.05, 3.63) is 71.6 Å². The number of ether oxygens (including phenoxy) is 1. The van der Waals surface area contributed by atoms with Crippen LogP contribution in [-0.2, 0) is 11.2 Å². The van der Waals surface area contributed by atoms with Crippen molar-refractivity contribution in [3.63, 3.8) is 0 Å². The predicted molar refractivity (Wildman–Crippen MR) is 92.1 cm³/mol. The van der Waals surface area contributed by atoms with Crippen molar-refractivity contribution in [2.24, 2.45) is 0 Å². The Bertz CT molecular complexity index is 690. The van der Waals surface area contributed by atoms with Crippen LogP contribution < -0.4 is 5.32 Å². The minimum absolute atomic E-state index is 0.310. The Balaban J connectivity index is 1.65. The van der Waals surface area contributed by atoms with Gasteiger partial charge in [0.15, 0.2) is 0 Å². The number of piperidine rings is 1. The lowest BCUT2D eigenvalue weighted by Crippen LogP contribution is -2.32. The first kappa shape index (κ1) is 14.5. The SMILES string of the molecule is C1=C(OC2CCNCC2)c2cnccc2CC1c1ccccc1. The summed E-state index contributed by atoms with van der Waals surface area (Å²) in [7, 11) is 0. The van der Waals surface area contributed by atoms with E-state index in [1.807, 2.05) is 12.4 Å². The first-order valence-corrected chi connectivity index (χ1v) is 8.47. The van der Waals surface area contributed by atoms with E-state index in [-0.39, 0.29) is 0 Å². The smallest absolute Gasteiger partial charge is 0.125 e. The molecule has 1 aliphatic heterocycles. The predicted octanol–water partition coefficient (Wildman–Crippen LogP) is 3.53. The number of aromatic nitrogens is 1. The van der Waals surface area contributed by atoms with Gasteiger partial charge in [-0.25, -0.2) is 0 Å². The van der Waals surface area contributed by atoms with Crippen LogP contribution in [-0.4, -0.2) is 24.2 Å². The molecule has 0 radical (unpaired) electrons. The molecule has 1 unspecified atom stereocenters. The van der Waals surface area contributed by atoms with E-state index in [1.54, 1.807) is 0 Å². The zero-order chi connectivity index (χ0) is 15.5. The average Bonchev–Trinajstić information content (AvgIpc) is 2.63. The number of hydrogen-bond acceptors (Lipinski definition) is 3. The Morgan fingerprint density at radius 1 is 1.04 bits per heavy atom. The van der Waals surface area contributed by atoms with Crippen molar-refractivity contribution < 1.29 is 4.74 Å². The summed E-state index contributed by atoms with van der Waals surface area (Å²) in [5, 5.41) is 3.39. The van der Waals surface area contributed by atoms with Gasteiger partial charge in [0, 0.05) is 23.9 Å². The maximum atomic E-state index is 6.39. The second-order valence-electron chi connectivity index (χ2n) is 6.35. The van der Waals surface area contributed by atoms with Gasteiger partial charge in [-0.1, -0.05) is 30.3 Å². The molecule has 2 aliphatic rings. The Kier molecular flexibility index (Phi) is 4.12. The number of pyridine rings is 1. The summed E-state index contributed by atoms with van der Waals surface area (Å²) in [5.74, 6) is 1.39. The van der Waals surface area contributed by atoms with Crippen LogP contribution in [0.4, 0.5) is 0 Å². The number of rotatable bonds is 3. The molecule has 1 aliphatic carbocycles. The number of allylic oxidation sites excluding steroid dienone is 1. The van der Waals surface area contributed by atoms with Gasteiger partial charge in [0.2, 0.25) is 0 Å². The fraction of sp³-hybridized carbons (Fsp3) is 0.350. The lowest BCUT2D eigenvalue weighted by molar-refractivity contribution is 0.130. The minimum atomic E-state index is 0.310. The summed E-state index contributed by atoms with van der Waals surface area (Å²) < 4.78 is 6.39. The van der Waals surface area contributed by atoms with Gasteiger partial charge in [-0.3, -0.25) is 4.98 Å². The highest BCUT2D eigenvalue weighted by Crippen LogP contribution is 2.35. The molecule has 0 bridgehead atoms. The summed E-state index contributed by atoms with van der Waals surface area (Å²) >= 11 is 0. The quantitative estimate of drug-likeness (QED) is 0.942. The molecule has 118 valence electrons. The molecule has 0 spiro atoms. The summed E-state index contributed by atoms with van der Waals surface area (Å²) in [6.45, 7) is 2.08. The molecule has 3 heteroatoms. The molecule has 1 aromatic carbocycles. The molecule has 0 saturated carbocycles. The molecular formula is C20H22N2O. The first-order valence-electron chi connectivity index (χ1n) is 8.47. The highest BCUT2D eigenvalue weighted by Gasteiger charge is 2.24. The van der Waals surface area contributed by atoms with Crippen LogP contribution in [0, 0.1) is 0 Å². The van der Waals surface area contributed by atoms with Crippen LogP contribution in [0.25, 0.3) is 5.76 Å². The summed E-state index contributed by atoms with van der Waals surface area (Å²) in [6.07, 6.45) is 9.59. The van der Waals surface area contributed by atoms with Crippen molar-refractivity contribution in [1.82, 2.24) is 10.3 Å². The van der Waals surface area contributed by atoms with Crippen molar-refractivity contribution in [1.29, 1.82) is 0 Å². The number of hydrogen-bond donors (Lipinski definition) is 1. The standard InChI is InChI=1S/C20H22N2O/c1-2-4-15(5-3-1)17-12-16-6-9-22-14-19(16)20(13-17)23-18-7-10-21-11-8-18/h1-6,9,13-14,17-18,21H,7-8,10-12H2. The van der Waals surface area contributed by atoms with Gasteiger partial charge in [0.05, 0.1) is 0 Å². The zero-order valence-corrected chi connectivity index (χ0v) is 13.2. The van der Waals surface area contributed by atoms with E-state index in [9.17, 15) is 0 Å². The largest absolute Gasteiger partial charge is 0.490 e. The third-order valence-electron chi connectivity index (χ3n) is 4.78. The molecule has 2 aromatic rings. The van der Waals surface area contributed by atoms with Gasteiger partial charge in [0.25, 0.3) is 0 Å². The molecule has 3 nitrogen and oxygen atoms in total. The normalized spacial score (nSPS) is 21.4. The Morgan fingerprint density at radius 2 is 1.87 bits per heavy atom. The lowest BCUT2D eigenvalue weighted by Gasteiger charge is -2.29. The van der Waals surface area contributed by atoms with Gasteiger partial charge in [-0.15, -0.1) is 0 Å². The molecule has 1 fully saturated rings. The molecule has 1 saturated heterocycles. The Labute approximate surface area is 137 Å². The van der Waals surface area contributed by atoms with E-state index in [2.05, 4.69) is 52.8 Å². The van der Waals surface area contributed by atoms with Crippen LogP contribution in [0.2, 0.25) is 0 Å². The maximum absolute atomic E-state index is 6.39. The molecule has 23 heavy (non-hydrogen) atoms. The Morgan fingerprint density at radius 3 is 2.70 bits per heavy atom. The van der Waals surface area contributed by atoms with E-state index < -0.39 is 0 Å². The number of fused-ring (bicyclic) bond motifs is 1. The van der Waals surface area contributed by atoms with Crippen molar-refractivity contribution >= 4 is 5.76 Å². The van der Waals surface area contributed by atoms with Crippen LogP contribution in [0.5, 0.6) is 0 Å². The highest BCUT2D eigenvalue weighted by atomic mass is 16.5. The molecule has 4 rings (SSSR count). The van der Waals surface area contributed by atoms with E-state index in [0.717, 1.165) is 38.1 Å². The van der Waals surface area contributed by atoms with Crippen molar-refractivity contribution in [3.8, 4) is 0 Å². The lowest BCUT2D eigenvalue weighted by atomic mass is 9.85. The molecule has 1 aromatic heterocycles. The van der Waals surface area contributed by atoms with E-state index in [1.165, 1.54) is 16.7 Å². The van der Waals surface area contributed by atoms with Crippen LogP contribution in [0.1, 0.15) is 35.4 Å². The topological polar surface area (TPSA) is 34.1 Å². The van der Waals surface area contributed by atoms with Crippen LogP contribution in [0.15, 0.2) is 54.9 Å². The van der Waals surface area contributed by atoms with E-state index in [4.69, 9.17) is 4.74 Å². The molecule has 1 N–H and O–H groups in total. The fourth-order valence-electron chi connectivity index (χ4n) is 3.50. The second-order valence-corrected chi connectivity index (χ2v) is 6.35. The maximum Gasteiger partial charge on any atom is 0.125 e. The van der Waals surface area contributed by atoms with E-state index >= 15 is 0 Å². The van der Waals surface area contributed by atoms with Gasteiger partial charge < -0.3 is 10.1 Å². The van der Waals surface area contributed by atoms with Crippen molar-refractivity contribution in [2.45, 2.75) is 31.3 Å². The molecule has 1 atom stereocenters. The van der Waals surface area contributed by atoms with Crippen LogP contribution in [0.3, 0.4) is 0 Å². The summed E-state index contributed by atoms with van der Waals surface area (Å²) in [5.41, 5.74) is 3.85. The minimum Gasteiger partial charge on any atom is -0.490 e. The monoisotopic (exact) mass is 306 g/mol. The summed E-state index contributed by atoms with van der Waals surface area (Å²) in [6, 6.07) is 12.8. The Hall–Kier alpha value is -2.13. The zero-order valence-electron chi connectivity index (χ0n) is 13.2. The third kappa shape index (κ3) is 3.15. The first-order chi connectivity index (χ1) is 11.4. The van der Waals surface area contributed by atoms with Gasteiger partial charge >= 0.3 is 0 Å². The molecular weight excluding hydrogens is 284 g/mol. The second kappa shape index (κ2) is 6.55. The number of nitrogens with one attached hydrogen (secondary N) is 1. The van der Waals surface area contributed by atoms with Gasteiger partial charge in [-0.2, -0.15) is 0 Å².